The van der Waals surface area contributed by atoms with Gasteiger partial charge >= 0.3 is 5.97 Å². The molecule has 0 atom stereocenters. The number of carbonyl (C=O) groups excluding carboxylic acids is 3. The SMILES string of the molecule is CCOc1ccc(OCC(=O)OCC(=O)Nc2ccc(C(=O)N(CC)CC)cc2)cc1. The summed E-state index contributed by atoms with van der Waals surface area (Å²) in [6.45, 7) is 6.78. The van der Waals surface area contributed by atoms with Gasteiger partial charge in [-0.15, -0.1) is 0 Å². The molecule has 0 aliphatic carbocycles. The molecular formula is C23H28N2O6. The maximum Gasteiger partial charge on any atom is 0.344 e. The monoisotopic (exact) mass is 428 g/mol. The summed E-state index contributed by atoms with van der Waals surface area (Å²) in [6.07, 6.45) is 0. The average Bonchev–Trinajstić information content (AvgIpc) is 2.78. The molecule has 0 saturated carbocycles. The van der Waals surface area contributed by atoms with Gasteiger partial charge in [0.2, 0.25) is 0 Å². The van der Waals surface area contributed by atoms with Crippen molar-refractivity contribution in [3.05, 3.63) is 54.1 Å². The molecule has 0 radical (unpaired) electrons. The van der Waals surface area contributed by atoms with Gasteiger partial charge in [0.1, 0.15) is 11.5 Å². The van der Waals surface area contributed by atoms with Crippen LogP contribution in [0.3, 0.4) is 0 Å². The number of ether oxygens (including phenoxy) is 3. The van der Waals surface area contributed by atoms with Gasteiger partial charge in [0, 0.05) is 24.3 Å². The van der Waals surface area contributed by atoms with Crippen LogP contribution in [0, 0.1) is 0 Å². The van der Waals surface area contributed by atoms with Gasteiger partial charge in [-0.1, -0.05) is 0 Å². The Hall–Kier alpha value is -3.55. The Morgan fingerprint density at radius 2 is 1.39 bits per heavy atom. The number of hydrogen-bond donors (Lipinski definition) is 1. The van der Waals surface area contributed by atoms with E-state index in [4.69, 9.17) is 14.2 Å². The first-order valence-electron chi connectivity index (χ1n) is 10.2. The highest BCUT2D eigenvalue weighted by atomic mass is 16.6. The van der Waals surface area contributed by atoms with Crippen LogP contribution in [0.25, 0.3) is 0 Å². The Kier molecular flexibility index (Phi) is 9.35. The summed E-state index contributed by atoms with van der Waals surface area (Å²) in [7, 11) is 0. The fourth-order valence-electron chi connectivity index (χ4n) is 2.72. The van der Waals surface area contributed by atoms with Gasteiger partial charge in [-0.2, -0.15) is 0 Å². The number of benzene rings is 2. The van der Waals surface area contributed by atoms with Gasteiger partial charge in [-0.25, -0.2) is 4.79 Å². The highest BCUT2D eigenvalue weighted by Gasteiger charge is 2.13. The molecular weight excluding hydrogens is 400 g/mol. The Balaban J connectivity index is 1.74. The van der Waals surface area contributed by atoms with Crippen molar-refractivity contribution in [3.8, 4) is 11.5 Å². The second-order valence-corrected chi connectivity index (χ2v) is 6.46. The molecule has 2 amide bonds. The highest BCUT2D eigenvalue weighted by molar-refractivity contribution is 5.96. The quantitative estimate of drug-likeness (QED) is 0.553. The number of hydrogen-bond acceptors (Lipinski definition) is 6. The van der Waals surface area contributed by atoms with Crippen molar-refractivity contribution in [3.63, 3.8) is 0 Å². The molecule has 2 aromatic rings. The summed E-state index contributed by atoms with van der Waals surface area (Å²) < 4.78 is 15.6. The number of carbonyl (C=O) groups is 3. The molecule has 0 aliphatic rings. The largest absolute Gasteiger partial charge is 0.494 e. The predicted octanol–water partition coefficient (Wildman–Crippen LogP) is 3.13. The topological polar surface area (TPSA) is 94.2 Å². The summed E-state index contributed by atoms with van der Waals surface area (Å²) in [5.74, 6) is -0.0190. The van der Waals surface area contributed by atoms with Crippen molar-refractivity contribution in [1.29, 1.82) is 0 Å². The van der Waals surface area contributed by atoms with Gasteiger partial charge in [-0.05, 0) is 69.3 Å². The van der Waals surface area contributed by atoms with E-state index in [0.717, 1.165) is 0 Å². The van der Waals surface area contributed by atoms with E-state index >= 15 is 0 Å². The second kappa shape index (κ2) is 12.2. The molecule has 1 N–H and O–H groups in total. The van der Waals surface area contributed by atoms with Gasteiger partial charge in [0.05, 0.1) is 6.61 Å². The third-order valence-corrected chi connectivity index (χ3v) is 4.32. The van der Waals surface area contributed by atoms with Crippen LogP contribution in [0.4, 0.5) is 5.69 Å². The molecule has 8 nitrogen and oxygen atoms in total. The van der Waals surface area contributed by atoms with E-state index in [1.807, 2.05) is 20.8 Å². The number of rotatable bonds is 11. The Morgan fingerprint density at radius 3 is 1.94 bits per heavy atom. The van der Waals surface area contributed by atoms with E-state index in [1.165, 1.54) is 0 Å². The lowest BCUT2D eigenvalue weighted by atomic mass is 10.2. The van der Waals surface area contributed by atoms with Crippen LogP contribution in [0.15, 0.2) is 48.5 Å². The normalized spacial score (nSPS) is 10.2. The minimum Gasteiger partial charge on any atom is -0.494 e. The zero-order chi connectivity index (χ0) is 22.6. The molecule has 0 bridgehead atoms. The summed E-state index contributed by atoms with van der Waals surface area (Å²) >= 11 is 0. The molecule has 0 saturated heterocycles. The molecule has 2 aromatic carbocycles. The van der Waals surface area contributed by atoms with E-state index in [2.05, 4.69) is 5.32 Å². The van der Waals surface area contributed by atoms with Crippen LogP contribution >= 0.6 is 0 Å². The Morgan fingerprint density at radius 1 is 0.806 bits per heavy atom. The van der Waals surface area contributed by atoms with Crippen molar-refractivity contribution in [2.75, 3.05) is 38.2 Å². The third kappa shape index (κ3) is 7.65. The number of anilines is 1. The van der Waals surface area contributed by atoms with E-state index in [1.54, 1.807) is 53.4 Å². The summed E-state index contributed by atoms with van der Waals surface area (Å²) in [4.78, 5) is 37.8. The predicted molar refractivity (Wildman–Crippen MR) is 116 cm³/mol. The van der Waals surface area contributed by atoms with Crippen LogP contribution in [0.5, 0.6) is 11.5 Å². The minimum absolute atomic E-state index is 0.0654. The first-order chi connectivity index (χ1) is 15.0. The first-order valence-corrected chi connectivity index (χ1v) is 10.2. The van der Waals surface area contributed by atoms with E-state index in [0.29, 0.717) is 42.4 Å². The number of nitrogens with one attached hydrogen (secondary N) is 1. The Bertz CT molecular complexity index is 861. The molecule has 8 heteroatoms. The average molecular weight is 428 g/mol. The van der Waals surface area contributed by atoms with Crippen LogP contribution in [0.2, 0.25) is 0 Å². The van der Waals surface area contributed by atoms with Crippen molar-refractivity contribution >= 4 is 23.5 Å². The number of esters is 1. The van der Waals surface area contributed by atoms with Crippen molar-refractivity contribution in [2.24, 2.45) is 0 Å². The molecule has 0 unspecified atom stereocenters. The van der Waals surface area contributed by atoms with Crippen molar-refractivity contribution < 1.29 is 28.6 Å². The van der Waals surface area contributed by atoms with E-state index < -0.39 is 18.5 Å². The Labute approximate surface area is 182 Å². The van der Waals surface area contributed by atoms with Crippen molar-refractivity contribution in [2.45, 2.75) is 20.8 Å². The standard InChI is InChI=1S/C23H28N2O6/c1-4-25(5-2)23(28)17-7-9-18(10-8-17)24-21(26)15-31-22(27)16-30-20-13-11-19(12-14-20)29-6-3/h7-14H,4-6,15-16H2,1-3H3,(H,24,26). The molecule has 0 aromatic heterocycles. The van der Waals surface area contributed by atoms with Crippen molar-refractivity contribution in [1.82, 2.24) is 4.90 Å². The van der Waals surface area contributed by atoms with Crippen LogP contribution in [-0.2, 0) is 14.3 Å². The fourth-order valence-corrected chi connectivity index (χ4v) is 2.72. The number of amides is 2. The molecule has 0 aliphatic heterocycles. The molecule has 0 spiro atoms. The lowest BCUT2D eigenvalue weighted by molar-refractivity contribution is -0.149. The summed E-state index contributed by atoms with van der Waals surface area (Å²) in [5.41, 5.74) is 1.04. The van der Waals surface area contributed by atoms with Gasteiger partial charge in [0.15, 0.2) is 13.2 Å². The highest BCUT2D eigenvalue weighted by Crippen LogP contribution is 2.17. The van der Waals surface area contributed by atoms with E-state index in [-0.39, 0.29) is 12.5 Å². The summed E-state index contributed by atoms with van der Waals surface area (Å²) in [6, 6.07) is 13.4. The summed E-state index contributed by atoms with van der Waals surface area (Å²) in [5, 5.41) is 2.62. The molecule has 0 heterocycles. The van der Waals surface area contributed by atoms with Crippen LogP contribution in [-0.4, -0.2) is 55.6 Å². The fraction of sp³-hybridized carbons (Fsp3) is 0.348. The zero-order valence-electron chi connectivity index (χ0n) is 18.1. The molecule has 2 rings (SSSR count). The maximum absolute atomic E-state index is 12.3. The lowest BCUT2D eigenvalue weighted by Gasteiger charge is -2.18. The van der Waals surface area contributed by atoms with E-state index in [9.17, 15) is 14.4 Å². The number of nitrogens with zero attached hydrogens (tertiary/aromatic N) is 1. The second-order valence-electron chi connectivity index (χ2n) is 6.46. The third-order valence-electron chi connectivity index (χ3n) is 4.32. The molecule has 166 valence electrons. The molecule has 31 heavy (non-hydrogen) atoms. The smallest absolute Gasteiger partial charge is 0.344 e. The maximum atomic E-state index is 12.3. The van der Waals surface area contributed by atoms with Crippen LogP contribution < -0.4 is 14.8 Å². The molecule has 0 fully saturated rings. The van der Waals surface area contributed by atoms with Crippen LogP contribution in [0.1, 0.15) is 31.1 Å². The van der Waals surface area contributed by atoms with Gasteiger partial charge in [0.25, 0.3) is 11.8 Å². The van der Waals surface area contributed by atoms with Gasteiger partial charge in [-0.3, -0.25) is 9.59 Å². The lowest BCUT2D eigenvalue weighted by Crippen LogP contribution is -2.30. The minimum atomic E-state index is -0.663. The van der Waals surface area contributed by atoms with Gasteiger partial charge < -0.3 is 24.4 Å². The zero-order valence-corrected chi connectivity index (χ0v) is 18.1. The first kappa shape index (κ1) is 23.7.